The van der Waals surface area contributed by atoms with Crippen LogP contribution in [0.25, 0.3) is 0 Å². The molecule has 0 radical (unpaired) electrons. The first-order valence-corrected chi connectivity index (χ1v) is 8.50. The lowest BCUT2D eigenvalue weighted by molar-refractivity contribution is 0.0535. The van der Waals surface area contributed by atoms with Gasteiger partial charge in [0.1, 0.15) is 5.82 Å². The predicted octanol–water partition coefficient (Wildman–Crippen LogP) is 3.73. The van der Waals surface area contributed by atoms with Gasteiger partial charge in [0.05, 0.1) is 0 Å². The monoisotopic (exact) mass is 380 g/mol. The van der Waals surface area contributed by atoms with Crippen LogP contribution in [0.1, 0.15) is 20.7 Å². The third-order valence-electron chi connectivity index (χ3n) is 4.04. The van der Waals surface area contributed by atoms with Crippen LogP contribution in [-0.4, -0.2) is 47.8 Å². The lowest BCUT2D eigenvalue weighted by atomic mass is 10.1. The van der Waals surface area contributed by atoms with Crippen molar-refractivity contribution in [1.82, 2.24) is 9.80 Å². The van der Waals surface area contributed by atoms with Gasteiger partial charge in [0, 0.05) is 47.4 Å². The maximum atomic E-state index is 13.3. The van der Waals surface area contributed by atoms with Crippen molar-refractivity contribution in [2.75, 3.05) is 26.2 Å². The van der Waals surface area contributed by atoms with E-state index in [1.165, 1.54) is 18.2 Å². The lowest BCUT2D eigenvalue weighted by Crippen LogP contribution is -2.50. The molecule has 1 saturated heterocycles. The van der Waals surface area contributed by atoms with E-state index in [2.05, 4.69) is 0 Å². The summed E-state index contributed by atoms with van der Waals surface area (Å²) in [5.74, 6) is -0.864. The van der Waals surface area contributed by atoms with Crippen molar-refractivity contribution in [1.29, 1.82) is 0 Å². The van der Waals surface area contributed by atoms with Gasteiger partial charge in [-0.05, 0) is 36.4 Å². The zero-order chi connectivity index (χ0) is 18.0. The summed E-state index contributed by atoms with van der Waals surface area (Å²) >= 11 is 11.9. The molecule has 0 aliphatic carbocycles. The maximum Gasteiger partial charge on any atom is 0.254 e. The van der Waals surface area contributed by atoms with E-state index in [0.717, 1.165) is 0 Å². The molecule has 3 rings (SSSR count). The normalized spacial score (nSPS) is 14.5. The summed E-state index contributed by atoms with van der Waals surface area (Å²) in [6.45, 7) is 1.55. The predicted molar refractivity (Wildman–Crippen MR) is 94.7 cm³/mol. The molecule has 1 aliphatic rings. The number of piperazine rings is 1. The molecule has 1 heterocycles. The number of carbonyl (C=O) groups excluding carboxylic acids is 2. The first kappa shape index (κ1) is 17.7. The van der Waals surface area contributed by atoms with Crippen LogP contribution in [-0.2, 0) is 0 Å². The summed E-state index contributed by atoms with van der Waals surface area (Å²) in [6.07, 6.45) is 0. The Bertz CT molecular complexity index is 800. The van der Waals surface area contributed by atoms with E-state index >= 15 is 0 Å². The molecule has 0 spiro atoms. The van der Waals surface area contributed by atoms with Crippen molar-refractivity contribution in [3.05, 3.63) is 69.5 Å². The fourth-order valence-corrected chi connectivity index (χ4v) is 3.30. The second-order valence-electron chi connectivity index (χ2n) is 5.75. The highest BCUT2D eigenvalue weighted by Crippen LogP contribution is 2.21. The third-order valence-corrected chi connectivity index (χ3v) is 4.47. The molecule has 0 unspecified atom stereocenters. The van der Waals surface area contributed by atoms with E-state index in [4.69, 9.17) is 23.2 Å². The Hall–Kier alpha value is -2.11. The van der Waals surface area contributed by atoms with E-state index in [1.807, 2.05) is 0 Å². The fraction of sp³-hybridized carbons (Fsp3) is 0.222. The molecule has 2 amide bonds. The number of benzene rings is 2. The highest BCUT2D eigenvalue weighted by Gasteiger charge is 2.26. The molecular weight excluding hydrogens is 366 g/mol. The molecule has 4 nitrogen and oxygen atoms in total. The van der Waals surface area contributed by atoms with Crippen molar-refractivity contribution in [3.63, 3.8) is 0 Å². The van der Waals surface area contributed by atoms with Gasteiger partial charge >= 0.3 is 0 Å². The van der Waals surface area contributed by atoms with Crippen LogP contribution in [0, 0.1) is 5.82 Å². The van der Waals surface area contributed by atoms with E-state index in [1.54, 1.807) is 34.1 Å². The van der Waals surface area contributed by atoms with E-state index in [9.17, 15) is 14.0 Å². The highest BCUT2D eigenvalue weighted by atomic mass is 35.5. The number of nitrogens with zero attached hydrogens (tertiary/aromatic N) is 2. The number of halogens is 3. The molecule has 0 N–H and O–H groups in total. The van der Waals surface area contributed by atoms with Crippen molar-refractivity contribution >= 4 is 35.0 Å². The minimum absolute atomic E-state index is 0.178. The van der Waals surface area contributed by atoms with E-state index in [0.29, 0.717) is 47.4 Å². The van der Waals surface area contributed by atoms with Crippen molar-refractivity contribution < 1.29 is 14.0 Å². The Morgan fingerprint density at radius 3 is 1.84 bits per heavy atom. The summed E-state index contributed by atoms with van der Waals surface area (Å²) < 4.78 is 13.3. The van der Waals surface area contributed by atoms with Gasteiger partial charge in [-0.25, -0.2) is 4.39 Å². The zero-order valence-electron chi connectivity index (χ0n) is 13.2. The topological polar surface area (TPSA) is 40.6 Å². The summed E-state index contributed by atoms with van der Waals surface area (Å²) in [4.78, 5) is 28.2. The number of hydrogen-bond acceptors (Lipinski definition) is 2. The minimum atomic E-state index is -0.447. The number of hydrogen-bond donors (Lipinski definition) is 0. The van der Waals surface area contributed by atoms with Gasteiger partial charge in [0.2, 0.25) is 0 Å². The standard InChI is InChI=1S/C18H15Cl2FN2O2/c19-14-8-13(9-15(20)11-14)18(25)23-6-4-22(5-7-23)17(24)12-2-1-3-16(21)10-12/h1-3,8-11H,4-7H2. The summed E-state index contributed by atoms with van der Waals surface area (Å²) in [5.41, 5.74) is 0.726. The average molecular weight is 381 g/mol. The largest absolute Gasteiger partial charge is 0.335 e. The quantitative estimate of drug-likeness (QED) is 0.796. The molecule has 2 aromatic rings. The zero-order valence-corrected chi connectivity index (χ0v) is 14.7. The van der Waals surface area contributed by atoms with Gasteiger partial charge in [-0.1, -0.05) is 29.3 Å². The Morgan fingerprint density at radius 2 is 1.32 bits per heavy atom. The molecule has 0 aromatic heterocycles. The van der Waals surface area contributed by atoms with Crippen molar-refractivity contribution in [2.45, 2.75) is 0 Å². The average Bonchev–Trinajstić information content (AvgIpc) is 2.60. The molecule has 1 fully saturated rings. The first-order valence-electron chi connectivity index (χ1n) is 7.74. The lowest BCUT2D eigenvalue weighted by Gasteiger charge is -2.35. The molecule has 1 aliphatic heterocycles. The summed E-state index contributed by atoms with van der Waals surface area (Å²) in [6, 6.07) is 10.3. The van der Waals surface area contributed by atoms with Crippen molar-refractivity contribution in [3.8, 4) is 0 Å². The van der Waals surface area contributed by atoms with Crippen LogP contribution in [0.3, 0.4) is 0 Å². The second kappa shape index (κ2) is 7.42. The van der Waals surface area contributed by atoms with Crippen LogP contribution >= 0.6 is 23.2 Å². The van der Waals surface area contributed by atoms with E-state index in [-0.39, 0.29) is 11.8 Å². The summed E-state index contributed by atoms with van der Waals surface area (Å²) in [5, 5.41) is 0.798. The van der Waals surface area contributed by atoms with Crippen molar-refractivity contribution in [2.24, 2.45) is 0 Å². The SMILES string of the molecule is O=C(c1cccc(F)c1)N1CCN(C(=O)c2cc(Cl)cc(Cl)c2)CC1. The van der Waals surface area contributed by atoms with E-state index < -0.39 is 5.82 Å². The van der Waals surface area contributed by atoms with Gasteiger partial charge < -0.3 is 9.80 Å². The van der Waals surface area contributed by atoms with Gasteiger partial charge in [0.15, 0.2) is 0 Å². The fourth-order valence-electron chi connectivity index (χ4n) is 2.78. The van der Waals surface area contributed by atoms with Crippen LogP contribution < -0.4 is 0 Å². The van der Waals surface area contributed by atoms with Crippen LogP contribution in [0.15, 0.2) is 42.5 Å². The van der Waals surface area contributed by atoms with Crippen LogP contribution in [0.5, 0.6) is 0 Å². The second-order valence-corrected chi connectivity index (χ2v) is 6.63. The molecule has 7 heteroatoms. The molecule has 0 atom stereocenters. The molecular formula is C18H15Cl2FN2O2. The Labute approximate surface area is 154 Å². The van der Waals surface area contributed by atoms with Gasteiger partial charge in [-0.2, -0.15) is 0 Å². The minimum Gasteiger partial charge on any atom is -0.335 e. The summed E-state index contributed by atoms with van der Waals surface area (Å²) in [7, 11) is 0. The molecule has 0 saturated carbocycles. The first-order chi connectivity index (χ1) is 11.9. The Balaban J connectivity index is 1.65. The molecule has 0 bridgehead atoms. The Morgan fingerprint density at radius 1 is 0.800 bits per heavy atom. The Kier molecular flexibility index (Phi) is 5.25. The van der Waals surface area contributed by atoms with Gasteiger partial charge in [0.25, 0.3) is 11.8 Å². The van der Waals surface area contributed by atoms with Crippen LogP contribution in [0.4, 0.5) is 4.39 Å². The highest BCUT2D eigenvalue weighted by molar-refractivity contribution is 6.35. The number of carbonyl (C=O) groups is 2. The van der Waals surface area contributed by atoms with Crippen LogP contribution in [0.2, 0.25) is 10.0 Å². The van der Waals surface area contributed by atoms with Gasteiger partial charge in [-0.3, -0.25) is 9.59 Å². The maximum absolute atomic E-state index is 13.3. The number of rotatable bonds is 2. The molecule has 25 heavy (non-hydrogen) atoms. The van der Waals surface area contributed by atoms with Gasteiger partial charge in [-0.15, -0.1) is 0 Å². The molecule has 2 aromatic carbocycles. The third kappa shape index (κ3) is 4.11. The smallest absolute Gasteiger partial charge is 0.254 e. The number of amides is 2. The molecule has 130 valence electrons.